The van der Waals surface area contributed by atoms with E-state index >= 15 is 0 Å². The van der Waals surface area contributed by atoms with Crippen molar-refractivity contribution in [2.75, 3.05) is 19.0 Å². The van der Waals surface area contributed by atoms with Crippen molar-refractivity contribution in [2.24, 2.45) is 5.10 Å². The van der Waals surface area contributed by atoms with Crippen molar-refractivity contribution in [2.45, 2.75) is 0 Å². The standard InChI is InChI=1S/C22H21N3O2/c1-25(2)19-12-8-17(9-13-19)21(16-6-4-3-5-7-16)23-24-22(27)18-10-14-20(26)15-11-18/h3-15,26H,1-2H3,(H,24,27). The summed E-state index contributed by atoms with van der Waals surface area (Å²) in [6.07, 6.45) is 0. The second-order valence-electron chi connectivity index (χ2n) is 6.26. The van der Waals surface area contributed by atoms with Crippen molar-refractivity contribution < 1.29 is 9.90 Å². The van der Waals surface area contributed by atoms with Gasteiger partial charge in [-0.15, -0.1) is 0 Å². The molecule has 0 unspecified atom stereocenters. The van der Waals surface area contributed by atoms with Crippen molar-refractivity contribution in [3.63, 3.8) is 0 Å². The van der Waals surface area contributed by atoms with Crippen LogP contribution in [0, 0.1) is 0 Å². The topological polar surface area (TPSA) is 64.9 Å². The zero-order chi connectivity index (χ0) is 19.2. The van der Waals surface area contributed by atoms with Crippen LogP contribution in [0.2, 0.25) is 0 Å². The summed E-state index contributed by atoms with van der Waals surface area (Å²) in [5, 5.41) is 13.7. The first kappa shape index (κ1) is 18.2. The highest BCUT2D eigenvalue weighted by Crippen LogP contribution is 2.16. The van der Waals surface area contributed by atoms with Gasteiger partial charge in [-0.05, 0) is 36.4 Å². The van der Waals surface area contributed by atoms with Gasteiger partial charge in [0, 0.05) is 36.5 Å². The molecule has 0 fully saturated rings. The van der Waals surface area contributed by atoms with E-state index in [1.165, 1.54) is 12.1 Å². The maximum absolute atomic E-state index is 12.4. The van der Waals surface area contributed by atoms with Gasteiger partial charge in [0.15, 0.2) is 0 Å². The molecule has 0 saturated carbocycles. The molecule has 3 aromatic rings. The highest BCUT2D eigenvalue weighted by molar-refractivity contribution is 6.13. The summed E-state index contributed by atoms with van der Waals surface area (Å²) in [5.41, 5.74) is 6.59. The Kier molecular flexibility index (Phi) is 5.52. The van der Waals surface area contributed by atoms with Gasteiger partial charge in [0.25, 0.3) is 5.91 Å². The molecule has 1 amide bonds. The van der Waals surface area contributed by atoms with Gasteiger partial charge in [-0.2, -0.15) is 5.10 Å². The van der Waals surface area contributed by atoms with Crippen LogP contribution < -0.4 is 10.3 Å². The summed E-state index contributed by atoms with van der Waals surface area (Å²) in [6.45, 7) is 0. The van der Waals surface area contributed by atoms with Crippen LogP contribution >= 0.6 is 0 Å². The lowest BCUT2D eigenvalue weighted by Crippen LogP contribution is -2.20. The Labute approximate surface area is 158 Å². The van der Waals surface area contributed by atoms with Gasteiger partial charge in [0.05, 0.1) is 5.71 Å². The minimum Gasteiger partial charge on any atom is -0.508 e. The predicted molar refractivity (Wildman–Crippen MR) is 108 cm³/mol. The van der Waals surface area contributed by atoms with E-state index < -0.39 is 0 Å². The molecule has 0 aromatic heterocycles. The Balaban J connectivity index is 1.91. The van der Waals surface area contributed by atoms with Crippen molar-refractivity contribution in [3.8, 4) is 5.75 Å². The van der Waals surface area contributed by atoms with E-state index in [1.807, 2.05) is 73.6 Å². The van der Waals surface area contributed by atoms with Gasteiger partial charge in [-0.3, -0.25) is 4.79 Å². The summed E-state index contributed by atoms with van der Waals surface area (Å²) in [7, 11) is 3.97. The molecule has 3 rings (SSSR count). The zero-order valence-electron chi connectivity index (χ0n) is 15.3. The summed E-state index contributed by atoms with van der Waals surface area (Å²) >= 11 is 0. The maximum Gasteiger partial charge on any atom is 0.271 e. The number of benzene rings is 3. The van der Waals surface area contributed by atoms with Gasteiger partial charge in [-0.25, -0.2) is 5.43 Å². The molecule has 3 aromatic carbocycles. The number of carbonyl (C=O) groups is 1. The molecular weight excluding hydrogens is 338 g/mol. The number of carbonyl (C=O) groups excluding carboxylic acids is 1. The number of nitrogens with one attached hydrogen (secondary N) is 1. The van der Waals surface area contributed by atoms with Crippen LogP contribution in [0.25, 0.3) is 0 Å². The molecule has 5 heteroatoms. The van der Waals surface area contributed by atoms with Crippen LogP contribution in [-0.4, -0.2) is 30.8 Å². The van der Waals surface area contributed by atoms with Crippen LogP contribution in [-0.2, 0) is 0 Å². The number of rotatable bonds is 5. The summed E-state index contributed by atoms with van der Waals surface area (Å²) < 4.78 is 0. The Morgan fingerprint density at radius 2 is 1.37 bits per heavy atom. The number of aromatic hydroxyl groups is 1. The molecule has 0 aliphatic rings. The van der Waals surface area contributed by atoms with Gasteiger partial charge in [-0.1, -0.05) is 42.5 Å². The van der Waals surface area contributed by atoms with Gasteiger partial charge < -0.3 is 10.0 Å². The fraction of sp³-hybridized carbons (Fsp3) is 0.0909. The largest absolute Gasteiger partial charge is 0.508 e. The number of phenolic OH excluding ortho intramolecular Hbond substituents is 1. The molecule has 0 radical (unpaired) electrons. The molecule has 0 bridgehead atoms. The summed E-state index contributed by atoms with van der Waals surface area (Å²) in [5.74, 6) is -0.227. The third-order valence-electron chi connectivity index (χ3n) is 4.10. The highest BCUT2D eigenvalue weighted by Gasteiger charge is 2.10. The van der Waals surface area contributed by atoms with Crippen molar-refractivity contribution in [1.82, 2.24) is 5.43 Å². The first-order valence-corrected chi connectivity index (χ1v) is 8.55. The first-order chi connectivity index (χ1) is 13.0. The molecule has 2 N–H and O–H groups in total. The third-order valence-corrected chi connectivity index (χ3v) is 4.10. The molecule has 27 heavy (non-hydrogen) atoms. The van der Waals surface area contributed by atoms with Crippen molar-refractivity contribution in [3.05, 3.63) is 95.6 Å². The van der Waals surface area contributed by atoms with Crippen molar-refractivity contribution in [1.29, 1.82) is 0 Å². The summed E-state index contributed by atoms with van der Waals surface area (Å²) in [4.78, 5) is 14.4. The number of hydrogen-bond acceptors (Lipinski definition) is 4. The van der Waals surface area contributed by atoms with Crippen LogP contribution in [0.15, 0.2) is 84.0 Å². The van der Waals surface area contributed by atoms with Gasteiger partial charge >= 0.3 is 0 Å². The number of nitrogens with zero attached hydrogens (tertiary/aromatic N) is 2. The quantitative estimate of drug-likeness (QED) is 0.540. The average molecular weight is 359 g/mol. The lowest BCUT2D eigenvalue weighted by molar-refractivity contribution is 0.0955. The first-order valence-electron chi connectivity index (χ1n) is 8.55. The van der Waals surface area contributed by atoms with E-state index in [2.05, 4.69) is 10.5 Å². The Hall–Kier alpha value is -3.60. The lowest BCUT2D eigenvalue weighted by atomic mass is 10.0. The van der Waals surface area contributed by atoms with E-state index in [0.29, 0.717) is 11.3 Å². The zero-order valence-corrected chi connectivity index (χ0v) is 15.3. The van der Waals surface area contributed by atoms with Crippen LogP contribution in [0.5, 0.6) is 5.75 Å². The fourth-order valence-corrected chi connectivity index (χ4v) is 2.59. The lowest BCUT2D eigenvalue weighted by Gasteiger charge is -2.14. The molecule has 0 saturated heterocycles. The molecule has 0 spiro atoms. The van der Waals surface area contributed by atoms with Crippen LogP contribution in [0.4, 0.5) is 5.69 Å². The van der Waals surface area contributed by atoms with E-state index in [9.17, 15) is 9.90 Å². The number of anilines is 1. The van der Waals surface area contributed by atoms with E-state index in [1.54, 1.807) is 12.1 Å². The van der Waals surface area contributed by atoms with Crippen molar-refractivity contribution >= 4 is 17.3 Å². The Morgan fingerprint density at radius 3 is 1.96 bits per heavy atom. The Morgan fingerprint density at radius 1 is 0.815 bits per heavy atom. The summed E-state index contributed by atoms with van der Waals surface area (Å²) in [6, 6.07) is 23.7. The molecule has 0 atom stereocenters. The number of amides is 1. The molecule has 136 valence electrons. The van der Waals surface area contributed by atoms with E-state index in [0.717, 1.165) is 16.8 Å². The second kappa shape index (κ2) is 8.19. The molecule has 0 aliphatic carbocycles. The average Bonchev–Trinajstić information content (AvgIpc) is 2.69. The highest BCUT2D eigenvalue weighted by atomic mass is 16.3. The van der Waals surface area contributed by atoms with E-state index in [-0.39, 0.29) is 11.7 Å². The minimum absolute atomic E-state index is 0.112. The number of hydrazone groups is 1. The molecule has 0 heterocycles. The van der Waals surface area contributed by atoms with Gasteiger partial charge in [0.2, 0.25) is 0 Å². The maximum atomic E-state index is 12.4. The molecule has 5 nitrogen and oxygen atoms in total. The van der Waals surface area contributed by atoms with Crippen LogP contribution in [0.3, 0.4) is 0 Å². The normalized spacial score (nSPS) is 11.1. The smallest absolute Gasteiger partial charge is 0.271 e. The minimum atomic E-state index is -0.339. The number of hydrogen-bond donors (Lipinski definition) is 2. The Bertz CT molecular complexity index is 932. The molecular formula is C22H21N3O2. The third kappa shape index (κ3) is 4.52. The van der Waals surface area contributed by atoms with Crippen LogP contribution in [0.1, 0.15) is 21.5 Å². The number of phenols is 1. The van der Waals surface area contributed by atoms with Gasteiger partial charge in [0.1, 0.15) is 5.75 Å². The van der Waals surface area contributed by atoms with E-state index in [4.69, 9.17) is 0 Å². The molecule has 0 aliphatic heterocycles. The predicted octanol–water partition coefficient (Wildman–Crippen LogP) is 3.64. The second-order valence-corrected chi connectivity index (χ2v) is 6.26. The fourth-order valence-electron chi connectivity index (χ4n) is 2.59. The monoisotopic (exact) mass is 359 g/mol. The SMILES string of the molecule is CN(C)c1ccc(C(=NNC(=O)c2ccc(O)cc2)c2ccccc2)cc1.